The molecular weight excluding hydrogens is 392 g/mol. The fourth-order valence-corrected chi connectivity index (χ4v) is 4.64. The van der Waals surface area contributed by atoms with Crippen LogP contribution >= 0.6 is 0 Å². The number of fused-ring (bicyclic) bond motifs is 3. The summed E-state index contributed by atoms with van der Waals surface area (Å²) in [5.41, 5.74) is 2.21. The summed E-state index contributed by atoms with van der Waals surface area (Å²) in [6, 6.07) is 6.15. The number of aryl methyl sites for hydroxylation is 1. The van der Waals surface area contributed by atoms with E-state index >= 15 is 0 Å². The summed E-state index contributed by atoms with van der Waals surface area (Å²) < 4.78 is 11.3. The number of para-hydroxylation sites is 1. The molecular formula is C26H34O5. The lowest BCUT2D eigenvalue weighted by Crippen LogP contribution is -2.19. The van der Waals surface area contributed by atoms with Crippen molar-refractivity contribution in [2.24, 2.45) is 11.8 Å². The van der Waals surface area contributed by atoms with Crippen LogP contribution in [0.15, 0.2) is 30.4 Å². The van der Waals surface area contributed by atoms with Gasteiger partial charge in [-0.05, 0) is 38.2 Å². The summed E-state index contributed by atoms with van der Waals surface area (Å²) in [6.07, 6.45) is 5.68. The number of aliphatic hydroxyl groups is 2. The molecule has 1 aliphatic carbocycles. The average Bonchev–Trinajstić information content (AvgIpc) is 3.25. The quantitative estimate of drug-likeness (QED) is 0.357. The van der Waals surface area contributed by atoms with Crippen molar-refractivity contribution in [3.8, 4) is 17.6 Å². The molecule has 1 aliphatic heterocycles. The number of rotatable bonds is 9. The van der Waals surface area contributed by atoms with Crippen LogP contribution in [-0.2, 0) is 16.0 Å². The molecule has 0 bridgehead atoms. The van der Waals surface area contributed by atoms with E-state index < -0.39 is 12.2 Å². The average molecular weight is 427 g/mol. The zero-order valence-corrected chi connectivity index (χ0v) is 18.7. The van der Waals surface area contributed by atoms with Crippen molar-refractivity contribution in [3.05, 3.63) is 41.5 Å². The molecule has 168 valence electrons. The summed E-state index contributed by atoms with van der Waals surface area (Å²) in [6.45, 7) is 5.99. The largest absolute Gasteiger partial charge is 0.489 e. The van der Waals surface area contributed by atoms with Crippen LogP contribution < -0.4 is 4.74 Å². The van der Waals surface area contributed by atoms with E-state index in [4.69, 9.17) is 9.47 Å². The molecule has 0 spiro atoms. The predicted octanol–water partition coefficient (Wildman–Crippen LogP) is 3.76. The van der Waals surface area contributed by atoms with Crippen molar-refractivity contribution in [3.63, 3.8) is 0 Å². The third kappa shape index (κ3) is 5.50. The third-order valence-corrected chi connectivity index (χ3v) is 6.34. The van der Waals surface area contributed by atoms with Gasteiger partial charge in [0.05, 0.1) is 18.8 Å². The molecule has 6 atom stereocenters. The summed E-state index contributed by atoms with van der Waals surface area (Å²) in [4.78, 5) is 11.6. The van der Waals surface area contributed by atoms with Crippen molar-refractivity contribution in [2.45, 2.75) is 77.1 Å². The fourth-order valence-electron chi connectivity index (χ4n) is 4.64. The van der Waals surface area contributed by atoms with Crippen LogP contribution in [0, 0.1) is 23.7 Å². The smallest absolute Gasteiger partial charge is 0.305 e. The number of hydrogen-bond acceptors (Lipinski definition) is 5. The van der Waals surface area contributed by atoms with E-state index in [9.17, 15) is 15.0 Å². The zero-order valence-electron chi connectivity index (χ0n) is 18.7. The highest BCUT2D eigenvalue weighted by Gasteiger charge is 2.48. The fraction of sp³-hybridized carbons (Fsp3) is 0.577. The van der Waals surface area contributed by atoms with Gasteiger partial charge in [0.2, 0.25) is 0 Å². The number of esters is 1. The zero-order chi connectivity index (χ0) is 22.4. The van der Waals surface area contributed by atoms with E-state index in [1.165, 1.54) is 0 Å². The minimum atomic E-state index is -0.594. The topological polar surface area (TPSA) is 76.0 Å². The standard InChI is InChI=1S/C26H34O5/c1-4-6-9-17(3)21(27)15-14-19-22(28)16-23-25(19)20-12-7-10-18(26(20)31-23)11-8-13-24(29)30-5-2/h7,10,12,14-15,17,19,21-23,25,27-28H,5,8-9,11,13,16H2,1-3H3/t17-,19-,21+,22+,23-,25-/m0/s1. The monoisotopic (exact) mass is 426 g/mol. The Morgan fingerprint density at radius 1 is 1.42 bits per heavy atom. The van der Waals surface area contributed by atoms with Gasteiger partial charge >= 0.3 is 5.97 Å². The molecule has 1 aromatic rings. The molecule has 3 rings (SSSR count). The molecule has 2 N–H and O–H groups in total. The Labute approximate surface area is 185 Å². The molecule has 0 radical (unpaired) electrons. The van der Waals surface area contributed by atoms with Gasteiger partial charge in [-0.1, -0.05) is 37.3 Å². The molecule has 5 nitrogen and oxygen atoms in total. The van der Waals surface area contributed by atoms with E-state index in [0.717, 1.165) is 23.3 Å². The highest BCUT2D eigenvalue weighted by Crippen LogP contribution is 2.52. The molecule has 0 unspecified atom stereocenters. The highest BCUT2D eigenvalue weighted by atomic mass is 16.5. The Balaban J connectivity index is 1.70. The number of carbonyl (C=O) groups excluding carboxylic acids is 1. The van der Waals surface area contributed by atoms with E-state index in [1.807, 2.05) is 32.1 Å². The van der Waals surface area contributed by atoms with Gasteiger partial charge in [-0.3, -0.25) is 4.79 Å². The second-order valence-electron chi connectivity index (χ2n) is 8.54. The number of carbonyl (C=O) groups is 1. The van der Waals surface area contributed by atoms with Crippen molar-refractivity contribution in [1.82, 2.24) is 0 Å². The Morgan fingerprint density at radius 2 is 2.23 bits per heavy atom. The van der Waals surface area contributed by atoms with Gasteiger partial charge in [-0.2, -0.15) is 0 Å². The minimum Gasteiger partial charge on any atom is -0.489 e. The van der Waals surface area contributed by atoms with Gasteiger partial charge in [0, 0.05) is 36.7 Å². The van der Waals surface area contributed by atoms with Gasteiger partial charge in [0.15, 0.2) is 0 Å². The first-order chi connectivity index (χ1) is 15.0. The van der Waals surface area contributed by atoms with Crippen molar-refractivity contribution >= 4 is 5.97 Å². The van der Waals surface area contributed by atoms with Crippen LogP contribution in [0.2, 0.25) is 0 Å². The maximum Gasteiger partial charge on any atom is 0.305 e. The molecule has 2 aliphatic rings. The molecule has 1 heterocycles. The summed E-state index contributed by atoms with van der Waals surface area (Å²) >= 11 is 0. The second kappa shape index (κ2) is 10.8. The van der Waals surface area contributed by atoms with Crippen LogP contribution in [-0.4, -0.2) is 41.1 Å². The Morgan fingerprint density at radius 3 is 2.97 bits per heavy atom. The second-order valence-corrected chi connectivity index (χ2v) is 8.54. The van der Waals surface area contributed by atoms with E-state index in [0.29, 0.717) is 32.3 Å². The Bertz CT molecular complexity index is 849. The van der Waals surface area contributed by atoms with Gasteiger partial charge in [-0.15, -0.1) is 11.8 Å². The maximum atomic E-state index is 11.6. The first-order valence-electron chi connectivity index (χ1n) is 11.3. The molecule has 0 amide bonds. The lowest BCUT2D eigenvalue weighted by Gasteiger charge is -2.19. The number of ether oxygens (including phenoxy) is 2. The van der Waals surface area contributed by atoms with Crippen LogP contribution in [0.4, 0.5) is 0 Å². The van der Waals surface area contributed by atoms with Gasteiger partial charge in [0.25, 0.3) is 0 Å². The SMILES string of the molecule is CC#CC[C@H](C)[C@H](O)C=C[C@@H]1[C@H]2c3cccc(CCCC(=O)OCC)c3O[C@H]2C[C@H]1O. The van der Waals surface area contributed by atoms with E-state index in [1.54, 1.807) is 13.0 Å². The van der Waals surface area contributed by atoms with Crippen molar-refractivity contribution < 1.29 is 24.5 Å². The molecule has 0 saturated heterocycles. The molecule has 0 aromatic heterocycles. The number of hydrogen-bond donors (Lipinski definition) is 2. The maximum absolute atomic E-state index is 11.6. The molecule has 31 heavy (non-hydrogen) atoms. The first kappa shape index (κ1) is 23.4. The third-order valence-electron chi connectivity index (χ3n) is 6.34. The van der Waals surface area contributed by atoms with Crippen LogP contribution in [0.3, 0.4) is 0 Å². The lowest BCUT2D eigenvalue weighted by atomic mass is 9.86. The van der Waals surface area contributed by atoms with Crippen LogP contribution in [0.25, 0.3) is 0 Å². The molecule has 1 saturated carbocycles. The van der Waals surface area contributed by atoms with Gasteiger partial charge in [0.1, 0.15) is 11.9 Å². The number of benzene rings is 1. The van der Waals surface area contributed by atoms with Gasteiger partial charge in [-0.25, -0.2) is 0 Å². The van der Waals surface area contributed by atoms with Crippen LogP contribution in [0.5, 0.6) is 5.75 Å². The van der Waals surface area contributed by atoms with Gasteiger partial charge < -0.3 is 19.7 Å². The Kier molecular flexibility index (Phi) is 8.17. The summed E-state index contributed by atoms with van der Waals surface area (Å²) in [5.74, 6) is 6.62. The summed E-state index contributed by atoms with van der Waals surface area (Å²) in [5, 5.41) is 21.1. The highest BCUT2D eigenvalue weighted by molar-refractivity contribution is 5.69. The van der Waals surface area contributed by atoms with Crippen LogP contribution in [0.1, 0.15) is 63.5 Å². The van der Waals surface area contributed by atoms with Crippen molar-refractivity contribution in [2.75, 3.05) is 6.61 Å². The predicted molar refractivity (Wildman–Crippen MR) is 120 cm³/mol. The normalized spacial score (nSPS) is 25.8. The number of aliphatic hydroxyl groups excluding tert-OH is 2. The Hall–Kier alpha value is -2.29. The summed E-state index contributed by atoms with van der Waals surface area (Å²) in [7, 11) is 0. The minimum absolute atomic E-state index is 0.0381. The molecule has 5 heteroatoms. The van der Waals surface area contributed by atoms with E-state index in [-0.39, 0.29) is 29.8 Å². The molecule has 1 aromatic carbocycles. The molecule has 1 fully saturated rings. The van der Waals surface area contributed by atoms with Crippen molar-refractivity contribution in [1.29, 1.82) is 0 Å². The van der Waals surface area contributed by atoms with E-state index in [2.05, 4.69) is 17.9 Å². The lowest BCUT2D eigenvalue weighted by molar-refractivity contribution is -0.143. The first-order valence-corrected chi connectivity index (χ1v) is 11.3.